The van der Waals surface area contributed by atoms with Gasteiger partial charge in [0.15, 0.2) is 5.82 Å². The monoisotopic (exact) mass is 260 g/mol. The Labute approximate surface area is 107 Å². The minimum Gasteiger partial charge on any atom is -0.508 e. The molecular formula is C13H9FN2O3. The van der Waals surface area contributed by atoms with Crippen LogP contribution in [0.4, 0.5) is 15.8 Å². The van der Waals surface area contributed by atoms with Crippen molar-refractivity contribution < 1.29 is 19.4 Å². The zero-order valence-corrected chi connectivity index (χ0v) is 9.62. The first-order chi connectivity index (χ1) is 9.06. The SMILES string of the molecule is O=C(O)c1ccc(N=Nc2ccc(O)cc2F)cc1. The van der Waals surface area contributed by atoms with Gasteiger partial charge in [0.25, 0.3) is 0 Å². The number of carboxylic acid groups (broad SMARTS) is 1. The highest BCUT2D eigenvalue weighted by molar-refractivity contribution is 5.87. The van der Waals surface area contributed by atoms with Gasteiger partial charge in [-0.25, -0.2) is 9.18 Å². The van der Waals surface area contributed by atoms with E-state index < -0.39 is 11.8 Å². The third-order valence-electron chi connectivity index (χ3n) is 2.32. The van der Waals surface area contributed by atoms with Gasteiger partial charge in [-0.05, 0) is 36.4 Å². The number of aromatic carboxylic acids is 1. The molecule has 2 aromatic carbocycles. The Morgan fingerprint density at radius 1 is 1.05 bits per heavy atom. The summed E-state index contributed by atoms with van der Waals surface area (Å²) < 4.78 is 13.3. The van der Waals surface area contributed by atoms with Gasteiger partial charge in [-0.1, -0.05) is 0 Å². The minimum atomic E-state index is -1.03. The van der Waals surface area contributed by atoms with E-state index in [9.17, 15) is 9.18 Å². The van der Waals surface area contributed by atoms with Crippen molar-refractivity contribution in [3.05, 3.63) is 53.8 Å². The fourth-order valence-electron chi connectivity index (χ4n) is 1.36. The molecule has 0 fully saturated rings. The lowest BCUT2D eigenvalue weighted by molar-refractivity contribution is 0.0697. The summed E-state index contributed by atoms with van der Waals surface area (Å²) in [6.07, 6.45) is 0. The van der Waals surface area contributed by atoms with Crippen LogP contribution in [0.3, 0.4) is 0 Å². The van der Waals surface area contributed by atoms with Gasteiger partial charge in [0.2, 0.25) is 0 Å². The van der Waals surface area contributed by atoms with Gasteiger partial charge >= 0.3 is 5.97 Å². The molecule has 0 heterocycles. The highest BCUT2D eigenvalue weighted by Crippen LogP contribution is 2.24. The van der Waals surface area contributed by atoms with E-state index in [0.717, 1.165) is 6.07 Å². The molecular weight excluding hydrogens is 251 g/mol. The van der Waals surface area contributed by atoms with Crippen LogP contribution in [0.25, 0.3) is 0 Å². The van der Waals surface area contributed by atoms with E-state index in [-0.39, 0.29) is 17.0 Å². The zero-order valence-electron chi connectivity index (χ0n) is 9.62. The number of phenolic OH excluding ortho intramolecular Hbond substituents is 1. The Bertz CT molecular complexity index is 639. The smallest absolute Gasteiger partial charge is 0.335 e. The minimum absolute atomic E-state index is 0.0138. The van der Waals surface area contributed by atoms with E-state index in [1.165, 1.54) is 36.4 Å². The third kappa shape index (κ3) is 3.12. The summed E-state index contributed by atoms with van der Waals surface area (Å²) >= 11 is 0. The number of nitrogens with zero attached hydrogens (tertiary/aromatic N) is 2. The molecule has 0 amide bonds. The summed E-state index contributed by atoms with van der Waals surface area (Å²) in [5.41, 5.74) is 0.521. The molecule has 2 aromatic rings. The Hall–Kier alpha value is -2.76. The Kier molecular flexibility index (Phi) is 3.51. The van der Waals surface area contributed by atoms with Crippen molar-refractivity contribution in [2.75, 3.05) is 0 Å². The molecule has 0 saturated heterocycles. The zero-order chi connectivity index (χ0) is 13.8. The fourth-order valence-corrected chi connectivity index (χ4v) is 1.36. The van der Waals surface area contributed by atoms with E-state index in [1.54, 1.807) is 0 Å². The molecule has 0 unspecified atom stereocenters. The van der Waals surface area contributed by atoms with Crippen molar-refractivity contribution in [3.63, 3.8) is 0 Å². The van der Waals surface area contributed by atoms with E-state index >= 15 is 0 Å². The topological polar surface area (TPSA) is 82.2 Å². The van der Waals surface area contributed by atoms with Crippen LogP contribution in [0.5, 0.6) is 5.75 Å². The highest BCUT2D eigenvalue weighted by Gasteiger charge is 2.03. The van der Waals surface area contributed by atoms with Gasteiger partial charge in [0.1, 0.15) is 11.4 Å². The Balaban J connectivity index is 2.20. The summed E-state index contributed by atoms with van der Waals surface area (Å²) in [5.74, 6) is -1.92. The largest absolute Gasteiger partial charge is 0.508 e. The molecule has 5 nitrogen and oxygen atoms in total. The molecule has 0 bridgehead atoms. The summed E-state index contributed by atoms with van der Waals surface area (Å²) in [6.45, 7) is 0. The number of azo groups is 1. The number of hydrogen-bond acceptors (Lipinski definition) is 4. The first-order valence-electron chi connectivity index (χ1n) is 5.30. The van der Waals surface area contributed by atoms with E-state index in [4.69, 9.17) is 10.2 Å². The second-order valence-corrected chi connectivity index (χ2v) is 3.69. The van der Waals surface area contributed by atoms with E-state index in [1.807, 2.05) is 0 Å². The Morgan fingerprint density at radius 2 is 1.74 bits per heavy atom. The lowest BCUT2D eigenvalue weighted by Gasteiger charge is -1.97. The molecule has 0 aliphatic heterocycles. The van der Waals surface area contributed by atoms with Gasteiger partial charge in [0.05, 0.1) is 11.3 Å². The van der Waals surface area contributed by atoms with Gasteiger partial charge in [-0.2, -0.15) is 5.11 Å². The molecule has 96 valence electrons. The van der Waals surface area contributed by atoms with Crippen molar-refractivity contribution in [1.82, 2.24) is 0 Å². The number of benzene rings is 2. The standard InChI is InChI=1S/C13H9FN2O3/c14-11-7-10(17)5-6-12(11)16-15-9-3-1-8(2-4-9)13(18)19/h1-7,17H,(H,18,19). The summed E-state index contributed by atoms with van der Waals surface area (Å²) in [5, 5.41) is 25.2. The van der Waals surface area contributed by atoms with Gasteiger partial charge < -0.3 is 10.2 Å². The van der Waals surface area contributed by atoms with Crippen LogP contribution in [0, 0.1) is 5.82 Å². The number of carbonyl (C=O) groups is 1. The number of halogens is 1. The van der Waals surface area contributed by atoms with Gasteiger partial charge in [-0.3, -0.25) is 0 Å². The van der Waals surface area contributed by atoms with Gasteiger partial charge in [-0.15, -0.1) is 5.11 Å². The van der Waals surface area contributed by atoms with Crippen LogP contribution in [-0.4, -0.2) is 16.2 Å². The average molecular weight is 260 g/mol. The molecule has 6 heteroatoms. The number of rotatable bonds is 3. The predicted octanol–water partition coefficient (Wildman–Crippen LogP) is 3.64. The van der Waals surface area contributed by atoms with E-state index in [0.29, 0.717) is 5.69 Å². The fraction of sp³-hybridized carbons (Fsp3) is 0. The van der Waals surface area contributed by atoms with Crippen molar-refractivity contribution >= 4 is 17.3 Å². The maximum atomic E-state index is 13.3. The van der Waals surface area contributed by atoms with E-state index in [2.05, 4.69) is 10.2 Å². The molecule has 19 heavy (non-hydrogen) atoms. The molecule has 0 aliphatic rings. The maximum absolute atomic E-state index is 13.3. The molecule has 0 aromatic heterocycles. The van der Waals surface area contributed by atoms with Crippen LogP contribution >= 0.6 is 0 Å². The molecule has 0 spiro atoms. The van der Waals surface area contributed by atoms with Crippen LogP contribution in [0.15, 0.2) is 52.7 Å². The number of hydrogen-bond donors (Lipinski definition) is 2. The number of carboxylic acids is 1. The maximum Gasteiger partial charge on any atom is 0.335 e. The number of phenols is 1. The average Bonchev–Trinajstić information content (AvgIpc) is 2.38. The molecule has 0 atom stereocenters. The van der Waals surface area contributed by atoms with Crippen LogP contribution < -0.4 is 0 Å². The second-order valence-electron chi connectivity index (χ2n) is 3.69. The van der Waals surface area contributed by atoms with Crippen molar-refractivity contribution in [2.45, 2.75) is 0 Å². The molecule has 0 aliphatic carbocycles. The summed E-state index contributed by atoms with van der Waals surface area (Å²) in [4.78, 5) is 10.6. The Morgan fingerprint density at radius 3 is 2.32 bits per heavy atom. The van der Waals surface area contributed by atoms with Crippen molar-refractivity contribution in [1.29, 1.82) is 0 Å². The van der Waals surface area contributed by atoms with Gasteiger partial charge in [0, 0.05) is 6.07 Å². The quantitative estimate of drug-likeness (QED) is 0.826. The molecule has 0 saturated carbocycles. The van der Waals surface area contributed by atoms with Crippen LogP contribution in [-0.2, 0) is 0 Å². The lowest BCUT2D eigenvalue weighted by atomic mass is 10.2. The first kappa shape index (κ1) is 12.7. The second kappa shape index (κ2) is 5.26. The molecule has 2 rings (SSSR count). The summed E-state index contributed by atoms with van der Waals surface area (Å²) in [7, 11) is 0. The normalized spacial score (nSPS) is 10.8. The van der Waals surface area contributed by atoms with Crippen molar-refractivity contribution in [3.8, 4) is 5.75 Å². The summed E-state index contributed by atoms with van der Waals surface area (Å²) in [6, 6.07) is 9.21. The molecule has 2 N–H and O–H groups in total. The lowest BCUT2D eigenvalue weighted by Crippen LogP contribution is -1.93. The third-order valence-corrected chi connectivity index (χ3v) is 2.32. The first-order valence-corrected chi connectivity index (χ1v) is 5.30. The van der Waals surface area contributed by atoms with Crippen LogP contribution in [0.2, 0.25) is 0 Å². The number of aromatic hydroxyl groups is 1. The molecule has 0 radical (unpaired) electrons. The van der Waals surface area contributed by atoms with Crippen LogP contribution in [0.1, 0.15) is 10.4 Å². The highest BCUT2D eigenvalue weighted by atomic mass is 19.1. The predicted molar refractivity (Wildman–Crippen MR) is 65.6 cm³/mol. The van der Waals surface area contributed by atoms with Crippen molar-refractivity contribution in [2.24, 2.45) is 10.2 Å².